The van der Waals surface area contributed by atoms with Crippen molar-refractivity contribution in [3.05, 3.63) is 47.5 Å². The number of carbonyl (C=O) groups excluding carboxylic acids is 1. The van der Waals surface area contributed by atoms with Gasteiger partial charge in [-0.05, 0) is 24.1 Å². The van der Waals surface area contributed by atoms with Gasteiger partial charge in [-0.15, -0.1) is 0 Å². The molecule has 0 aliphatic rings. The summed E-state index contributed by atoms with van der Waals surface area (Å²) in [5.41, 5.74) is 1.45. The van der Waals surface area contributed by atoms with Crippen LogP contribution in [0.15, 0.2) is 30.6 Å². The van der Waals surface area contributed by atoms with Gasteiger partial charge < -0.3 is 10.4 Å². The van der Waals surface area contributed by atoms with Gasteiger partial charge >= 0.3 is 0 Å². The van der Waals surface area contributed by atoms with E-state index >= 15 is 0 Å². The summed E-state index contributed by atoms with van der Waals surface area (Å²) in [7, 11) is 1.82. The molecule has 1 heterocycles. The molecule has 6 heteroatoms. The molecule has 0 saturated heterocycles. The fourth-order valence-electron chi connectivity index (χ4n) is 2.13. The molecule has 1 amide bonds. The molecule has 5 nitrogen and oxygen atoms in total. The van der Waals surface area contributed by atoms with Crippen molar-refractivity contribution in [2.75, 3.05) is 0 Å². The third kappa shape index (κ3) is 3.81. The summed E-state index contributed by atoms with van der Waals surface area (Å²) in [5.74, 6) is -1.34. The molecule has 0 fully saturated rings. The number of aromatic hydroxyl groups is 1. The van der Waals surface area contributed by atoms with Gasteiger partial charge in [0.1, 0.15) is 0 Å². The minimum atomic E-state index is -0.723. The summed E-state index contributed by atoms with van der Waals surface area (Å²) in [6, 6.07) is 3.83. The first-order valence-corrected chi connectivity index (χ1v) is 6.75. The molecule has 0 spiro atoms. The molecule has 0 radical (unpaired) electrons. The summed E-state index contributed by atoms with van der Waals surface area (Å²) in [6.45, 7) is 1.97. The van der Waals surface area contributed by atoms with E-state index in [-0.39, 0.29) is 18.4 Å². The molecule has 2 rings (SSSR count). The monoisotopic (exact) mass is 291 g/mol. The summed E-state index contributed by atoms with van der Waals surface area (Å²) >= 11 is 0. The SMILES string of the molecule is CC[C@@H](NC(=O)Cc1ccc(O)c(F)c1)c1cnn(C)c1. The summed E-state index contributed by atoms with van der Waals surface area (Å²) < 4.78 is 14.9. The predicted octanol–water partition coefficient (Wildman–Crippen LogP) is 2.07. The number of rotatable bonds is 5. The average Bonchev–Trinajstić information content (AvgIpc) is 2.87. The Morgan fingerprint density at radius 1 is 1.52 bits per heavy atom. The Bertz CT molecular complexity index is 640. The number of hydrogen-bond donors (Lipinski definition) is 2. The van der Waals surface area contributed by atoms with Gasteiger partial charge in [0.15, 0.2) is 11.6 Å². The van der Waals surface area contributed by atoms with Gasteiger partial charge in [-0.25, -0.2) is 4.39 Å². The number of aryl methyl sites for hydroxylation is 1. The quantitative estimate of drug-likeness (QED) is 0.886. The zero-order chi connectivity index (χ0) is 15.4. The van der Waals surface area contributed by atoms with Crippen LogP contribution in [0.1, 0.15) is 30.5 Å². The summed E-state index contributed by atoms with van der Waals surface area (Å²) in [6.07, 6.45) is 4.37. The Hall–Kier alpha value is -2.37. The lowest BCUT2D eigenvalue weighted by molar-refractivity contribution is -0.121. The van der Waals surface area contributed by atoms with E-state index < -0.39 is 11.6 Å². The van der Waals surface area contributed by atoms with E-state index in [0.717, 1.165) is 12.0 Å². The van der Waals surface area contributed by atoms with Gasteiger partial charge in [0, 0.05) is 18.8 Å². The molecule has 0 saturated carbocycles. The van der Waals surface area contributed by atoms with Crippen molar-refractivity contribution in [2.24, 2.45) is 7.05 Å². The smallest absolute Gasteiger partial charge is 0.224 e. The van der Waals surface area contributed by atoms with Crippen molar-refractivity contribution in [1.29, 1.82) is 0 Å². The van der Waals surface area contributed by atoms with Crippen LogP contribution in [0.5, 0.6) is 5.75 Å². The highest BCUT2D eigenvalue weighted by atomic mass is 19.1. The molecule has 1 aromatic carbocycles. The lowest BCUT2D eigenvalue weighted by atomic mass is 10.1. The molecular formula is C15H18FN3O2. The number of hydrogen-bond acceptors (Lipinski definition) is 3. The highest BCUT2D eigenvalue weighted by Crippen LogP contribution is 2.18. The van der Waals surface area contributed by atoms with Crippen LogP contribution in [-0.2, 0) is 18.3 Å². The van der Waals surface area contributed by atoms with Gasteiger partial charge in [-0.2, -0.15) is 5.10 Å². The molecule has 2 N–H and O–H groups in total. The van der Waals surface area contributed by atoms with Gasteiger partial charge in [-0.3, -0.25) is 9.48 Å². The third-order valence-corrected chi connectivity index (χ3v) is 3.25. The minimum Gasteiger partial charge on any atom is -0.505 e. The van der Waals surface area contributed by atoms with E-state index in [1.807, 2.05) is 20.2 Å². The number of carbonyl (C=O) groups is 1. The van der Waals surface area contributed by atoms with Gasteiger partial charge in [-0.1, -0.05) is 13.0 Å². The fourth-order valence-corrected chi connectivity index (χ4v) is 2.13. The van der Waals surface area contributed by atoms with E-state index in [1.165, 1.54) is 18.2 Å². The predicted molar refractivity (Wildman–Crippen MR) is 76.2 cm³/mol. The second-order valence-electron chi connectivity index (χ2n) is 4.94. The molecular weight excluding hydrogens is 273 g/mol. The van der Waals surface area contributed by atoms with E-state index in [0.29, 0.717) is 5.56 Å². The van der Waals surface area contributed by atoms with Crippen molar-refractivity contribution >= 4 is 5.91 Å². The summed E-state index contributed by atoms with van der Waals surface area (Å²) in [4.78, 5) is 12.0. The van der Waals surface area contributed by atoms with Gasteiger partial charge in [0.25, 0.3) is 0 Å². The molecule has 0 bridgehead atoms. The van der Waals surface area contributed by atoms with Crippen LogP contribution in [0.25, 0.3) is 0 Å². The van der Waals surface area contributed by atoms with E-state index in [9.17, 15) is 9.18 Å². The first-order valence-electron chi connectivity index (χ1n) is 6.75. The van der Waals surface area contributed by atoms with Crippen LogP contribution in [0.4, 0.5) is 4.39 Å². The Morgan fingerprint density at radius 2 is 2.29 bits per heavy atom. The number of halogens is 1. The van der Waals surface area contributed by atoms with E-state index in [2.05, 4.69) is 10.4 Å². The third-order valence-electron chi connectivity index (χ3n) is 3.25. The topological polar surface area (TPSA) is 67.2 Å². The van der Waals surface area contributed by atoms with E-state index in [4.69, 9.17) is 5.11 Å². The van der Waals surface area contributed by atoms with E-state index in [1.54, 1.807) is 10.9 Å². The van der Waals surface area contributed by atoms with Crippen LogP contribution in [0.3, 0.4) is 0 Å². The molecule has 1 aromatic heterocycles. The highest BCUT2D eigenvalue weighted by Gasteiger charge is 2.15. The van der Waals surface area contributed by atoms with Crippen molar-refractivity contribution < 1.29 is 14.3 Å². The molecule has 0 aliphatic carbocycles. The molecule has 0 aliphatic heterocycles. The first-order chi connectivity index (χ1) is 9.99. The minimum absolute atomic E-state index is 0.0635. The second-order valence-corrected chi connectivity index (χ2v) is 4.94. The van der Waals surface area contributed by atoms with Gasteiger partial charge in [0.2, 0.25) is 5.91 Å². The Morgan fingerprint density at radius 3 is 2.86 bits per heavy atom. The van der Waals surface area contributed by atoms with Crippen LogP contribution in [0.2, 0.25) is 0 Å². The number of aromatic nitrogens is 2. The van der Waals surface area contributed by atoms with Crippen molar-refractivity contribution in [1.82, 2.24) is 15.1 Å². The maximum absolute atomic E-state index is 13.2. The number of amides is 1. The van der Waals surface area contributed by atoms with Gasteiger partial charge in [0.05, 0.1) is 18.7 Å². The second kappa shape index (κ2) is 6.39. The normalized spacial score (nSPS) is 12.1. The van der Waals surface area contributed by atoms with Crippen LogP contribution < -0.4 is 5.32 Å². The van der Waals surface area contributed by atoms with Crippen LogP contribution >= 0.6 is 0 Å². The number of nitrogens with zero attached hydrogens (tertiary/aromatic N) is 2. The number of nitrogens with one attached hydrogen (secondary N) is 1. The Balaban J connectivity index is 2.01. The number of benzene rings is 1. The molecule has 112 valence electrons. The fraction of sp³-hybridized carbons (Fsp3) is 0.333. The first kappa shape index (κ1) is 15.0. The Labute approximate surface area is 122 Å². The largest absolute Gasteiger partial charge is 0.505 e. The maximum Gasteiger partial charge on any atom is 0.224 e. The molecule has 1 atom stereocenters. The van der Waals surface area contributed by atoms with Crippen molar-refractivity contribution in [2.45, 2.75) is 25.8 Å². The molecule has 21 heavy (non-hydrogen) atoms. The molecule has 2 aromatic rings. The zero-order valence-electron chi connectivity index (χ0n) is 12.0. The standard InChI is InChI=1S/C15H18FN3O2/c1-3-13(11-8-17-19(2)9-11)18-15(21)7-10-4-5-14(20)12(16)6-10/h4-6,8-9,13,20H,3,7H2,1-2H3,(H,18,21)/t13-/m1/s1. The highest BCUT2D eigenvalue weighted by molar-refractivity contribution is 5.79. The number of phenols is 1. The Kier molecular flexibility index (Phi) is 4.57. The maximum atomic E-state index is 13.2. The molecule has 0 unspecified atom stereocenters. The van der Waals surface area contributed by atoms with Crippen molar-refractivity contribution in [3.8, 4) is 5.75 Å². The van der Waals surface area contributed by atoms with Crippen LogP contribution in [-0.4, -0.2) is 20.8 Å². The summed E-state index contributed by atoms with van der Waals surface area (Å²) in [5, 5.41) is 16.1. The average molecular weight is 291 g/mol. The van der Waals surface area contributed by atoms with Crippen molar-refractivity contribution in [3.63, 3.8) is 0 Å². The lowest BCUT2D eigenvalue weighted by Crippen LogP contribution is -2.29. The lowest BCUT2D eigenvalue weighted by Gasteiger charge is -2.15. The number of phenolic OH excluding ortho intramolecular Hbond substituents is 1. The zero-order valence-corrected chi connectivity index (χ0v) is 12.0. The van der Waals surface area contributed by atoms with Crippen LogP contribution in [0, 0.1) is 5.82 Å².